The van der Waals surface area contributed by atoms with E-state index in [1.165, 1.54) is 56.1 Å². The summed E-state index contributed by atoms with van der Waals surface area (Å²) >= 11 is 1.53. The van der Waals surface area contributed by atoms with Crippen molar-refractivity contribution < 1.29 is 13.9 Å². The number of hydrogen-bond donors (Lipinski definition) is 1. The van der Waals surface area contributed by atoms with Crippen molar-refractivity contribution in [3.8, 4) is 5.88 Å². The van der Waals surface area contributed by atoms with Crippen molar-refractivity contribution >= 4 is 17.7 Å². The molecule has 2 aromatic heterocycles. The van der Waals surface area contributed by atoms with E-state index in [1.54, 1.807) is 6.26 Å². The summed E-state index contributed by atoms with van der Waals surface area (Å²) in [4.78, 5) is 18.6. The molecule has 0 unspecified atom stereocenters. The van der Waals surface area contributed by atoms with Crippen LogP contribution < -0.4 is 10.1 Å². The van der Waals surface area contributed by atoms with E-state index >= 15 is 0 Å². The van der Waals surface area contributed by atoms with Gasteiger partial charge in [0.25, 0.3) is 0 Å². The van der Waals surface area contributed by atoms with Gasteiger partial charge in [-0.25, -0.2) is 4.98 Å². The SMILES string of the molecule is O=C(CSCc1ccco1)NC/C=C/COc1cc(CN2CCCCCC2)ccn1. The molecule has 0 bridgehead atoms. The number of likely N-dealkylation sites (tertiary alicyclic amines) is 1. The Morgan fingerprint density at radius 3 is 2.90 bits per heavy atom. The van der Waals surface area contributed by atoms with E-state index in [0.29, 0.717) is 30.5 Å². The lowest BCUT2D eigenvalue weighted by Gasteiger charge is -2.19. The second kappa shape index (κ2) is 13.1. The van der Waals surface area contributed by atoms with Gasteiger partial charge in [-0.15, -0.1) is 11.8 Å². The van der Waals surface area contributed by atoms with Gasteiger partial charge in [0.1, 0.15) is 12.4 Å². The van der Waals surface area contributed by atoms with Crippen LogP contribution in [0.2, 0.25) is 0 Å². The number of nitrogens with zero attached hydrogens (tertiary/aromatic N) is 2. The number of nitrogens with one attached hydrogen (secondary N) is 1. The third-order valence-corrected chi connectivity index (χ3v) is 5.83. The Hall–Kier alpha value is -2.25. The van der Waals surface area contributed by atoms with E-state index in [2.05, 4.69) is 21.3 Å². The van der Waals surface area contributed by atoms with Crippen LogP contribution in [-0.4, -0.2) is 47.8 Å². The lowest BCUT2D eigenvalue weighted by Crippen LogP contribution is -2.25. The van der Waals surface area contributed by atoms with Gasteiger partial charge in [-0.1, -0.05) is 18.9 Å². The largest absolute Gasteiger partial charge is 0.473 e. The molecule has 2 aromatic rings. The predicted molar refractivity (Wildman–Crippen MR) is 120 cm³/mol. The van der Waals surface area contributed by atoms with Gasteiger partial charge < -0.3 is 14.5 Å². The molecule has 6 nitrogen and oxygen atoms in total. The van der Waals surface area contributed by atoms with Crippen molar-refractivity contribution in [1.82, 2.24) is 15.2 Å². The quantitative estimate of drug-likeness (QED) is 0.544. The summed E-state index contributed by atoms with van der Waals surface area (Å²) in [5, 5.41) is 2.87. The maximum absolute atomic E-state index is 11.8. The average Bonchev–Trinajstić information content (AvgIpc) is 3.14. The Bertz CT molecular complexity index is 772. The van der Waals surface area contributed by atoms with Crippen LogP contribution in [0.1, 0.15) is 37.0 Å². The minimum absolute atomic E-state index is 0.0139. The Morgan fingerprint density at radius 2 is 2.10 bits per heavy atom. The number of carbonyl (C=O) groups excluding carboxylic acids is 1. The molecule has 1 aliphatic rings. The number of hydrogen-bond acceptors (Lipinski definition) is 6. The molecule has 1 fully saturated rings. The lowest BCUT2D eigenvalue weighted by molar-refractivity contribution is -0.118. The maximum Gasteiger partial charge on any atom is 0.230 e. The highest BCUT2D eigenvalue weighted by atomic mass is 32.2. The highest BCUT2D eigenvalue weighted by Gasteiger charge is 2.10. The van der Waals surface area contributed by atoms with Crippen LogP contribution in [0, 0.1) is 0 Å². The van der Waals surface area contributed by atoms with E-state index in [9.17, 15) is 4.79 Å². The van der Waals surface area contributed by atoms with Crippen LogP contribution in [0.4, 0.5) is 0 Å². The van der Waals surface area contributed by atoms with E-state index in [4.69, 9.17) is 9.15 Å². The minimum Gasteiger partial charge on any atom is -0.473 e. The summed E-state index contributed by atoms with van der Waals surface area (Å²) in [5.74, 6) is 2.66. The van der Waals surface area contributed by atoms with E-state index in [-0.39, 0.29) is 5.91 Å². The molecule has 3 heterocycles. The van der Waals surface area contributed by atoms with Crippen molar-refractivity contribution in [1.29, 1.82) is 0 Å². The highest BCUT2D eigenvalue weighted by molar-refractivity contribution is 7.99. The van der Waals surface area contributed by atoms with Crippen LogP contribution in [0.15, 0.2) is 53.3 Å². The zero-order valence-corrected chi connectivity index (χ0v) is 18.2. The van der Waals surface area contributed by atoms with Crippen LogP contribution in [-0.2, 0) is 17.1 Å². The van der Waals surface area contributed by atoms with E-state index in [1.807, 2.05) is 36.5 Å². The molecule has 7 heteroatoms. The summed E-state index contributed by atoms with van der Waals surface area (Å²) in [7, 11) is 0. The molecule has 1 saturated heterocycles. The highest BCUT2D eigenvalue weighted by Crippen LogP contribution is 2.16. The zero-order valence-electron chi connectivity index (χ0n) is 17.4. The van der Waals surface area contributed by atoms with Gasteiger partial charge in [0, 0.05) is 25.4 Å². The third-order valence-electron chi connectivity index (χ3n) is 4.87. The average molecular weight is 430 g/mol. The summed E-state index contributed by atoms with van der Waals surface area (Å²) in [6, 6.07) is 7.85. The van der Waals surface area contributed by atoms with E-state index < -0.39 is 0 Å². The molecule has 162 valence electrons. The number of pyridine rings is 1. The fourth-order valence-electron chi connectivity index (χ4n) is 3.33. The van der Waals surface area contributed by atoms with Crippen molar-refractivity contribution in [2.24, 2.45) is 0 Å². The van der Waals surface area contributed by atoms with Gasteiger partial charge in [0.05, 0.1) is 17.8 Å². The summed E-state index contributed by atoms with van der Waals surface area (Å²) in [6.45, 7) is 4.23. The predicted octanol–water partition coefficient (Wildman–Crippen LogP) is 4.04. The number of carbonyl (C=O) groups is 1. The molecule has 3 rings (SSSR count). The molecule has 0 spiro atoms. The normalized spacial score (nSPS) is 15.2. The first kappa shape index (κ1) is 22.4. The number of furan rings is 1. The minimum atomic E-state index is 0.0139. The molecule has 0 atom stereocenters. The first-order valence-corrected chi connectivity index (χ1v) is 11.8. The number of ether oxygens (including phenoxy) is 1. The Kier molecular flexibility index (Phi) is 9.82. The molecule has 0 radical (unpaired) electrons. The molecule has 1 N–H and O–H groups in total. The number of rotatable bonds is 11. The van der Waals surface area contributed by atoms with Crippen molar-refractivity contribution in [2.75, 3.05) is 32.0 Å². The van der Waals surface area contributed by atoms with Crippen molar-refractivity contribution in [3.05, 3.63) is 60.2 Å². The van der Waals surface area contributed by atoms with Gasteiger partial charge in [0.15, 0.2) is 0 Å². The first-order chi connectivity index (χ1) is 14.8. The number of thioether (sulfide) groups is 1. The first-order valence-electron chi connectivity index (χ1n) is 10.6. The van der Waals surface area contributed by atoms with Crippen LogP contribution >= 0.6 is 11.8 Å². The third kappa shape index (κ3) is 8.63. The second-order valence-electron chi connectivity index (χ2n) is 7.35. The Labute approximate surface area is 183 Å². The van der Waals surface area contributed by atoms with Gasteiger partial charge in [-0.2, -0.15) is 0 Å². The summed E-state index contributed by atoms with van der Waals surface area (Å²) in [6.07, 6.45) is 12.5. The molecule has 1 amide bonds. The molecule has 0 aromatic carbocycles. The second-order valence-corrected chi connectivity index (χ2v) is 8.34. The smallest absolute Gasteiger partial charge is 0.230 e. The van der Waals surface area contributed by atoms with Gasteiger partial charge in [0.2, 0.25) is 11.8 Å². The van der Waals surface area contributed by atoms with Gasteiger partial charge in [-0.3, -0.25) is 9.69 Å². The maximum atomic E-state index is 11.8. The topological polar surface area (TPSA) is 67.6 Å². The molecule has 30 heavy (non-hydrogen) atoms. The zero-order chi connectivity index (χ0) is 20.9. The molecule has 0 aliphatic carbocycles. The summed E-state index contributed by atoms with van der Waals surface area (Å²) in [5.41, 5.74) is 1.24. The van der Waals surface area contributed by atoms with Crippen LogP contribution in [0.3, 0.4) is 0 Å². The molecule has 1 aliphatic heterocycles. The summed E-state index contributed by atoms with van der Waals surface area (Å²) < 4.78 is 11.0. The number of aromatic nitrogens is 1. The van der Waals surface area contributed by atoms with Gasteiger partial charge in [-0.05, 0) is 55.8 Å². The molecular weight excluding hydrogens is 398 g/mol. The standard InChI is InChI=1S/C23H31N3O3S/c27-22(19-30-18-21-8-7-15-28-21)24-10-3-6-14-29-23-16-20(9-11-25-23)17-26-12-4-1-2-5-13-26/h3,6-9,11,15-16H,1-2,4-5,10,12-14,17-19H2,(H,24,27)/b6-3+. The van der Waals surface area contributed by atoms with Gasteiger partial charge >= 0.3 is 0 Å². The number of amides is 1. The van der Waals surface area contributed by atoms with E-state index in [0.717, 1.165) is 12.3 Å². The van der Waals surface area contributed by atoms with Crippen LogP contribution in [0.5, 0.6) is 5.88 Å². The van der Waals surface area contributed by atoms with Crippen molar-refractivity contribution in [3.63, 3.8) is 0 Å². The monoisotopic (exact) mass is 429 g/mol. The fraction of sp³-hybridized carbons (Fsp3) is 0.478. The molecule has 0 saturated carbocycles. The van der Waals surface area contributed by atoms with Crippen molar-refractivity contribution in [2.45, 2.75) is 38.0 Å². The fourth-order valence-corrected chi connectivity index (χ4v) is 4.08. The lowest BCUT2D eigenvalue weighted by atomic mass is 10.2. The molecular formula is C23H31N3O3S. The Balaban J connectivity index is 1.28. The Morgan fingerprint density at radius 1 is 1.23 bits per heavy atom. The van der Waals surface area contributed by atoms with Crippen LogP contribution in [0.25, 0.3) is 0 Å².